The van der Waals surface area contributed by atoms with Crippen LogP contribution in [-0.4, -0.2) is 38.9 Å². The number of hydrogen-bond donors (Lipinski definition) is 8. The maximum atomic E-state index is 12.3. The van der Waals surface area contributed by atoms with Gasteiger partial charge in [-0.3, -0.25) is 14.8 Å². The van der Waals surface area contributed by atoms with E-state index in [1.165, 1.54) is 0 Å². The van der Waals surface area contributed by atoms with Crippen LogP contribution in [0, 0.1) is 17.8 Å². The van der Waals surface area contributed by atoms with E-state index in [-0.39, 0.29) is 23.5 Å². The molecule has 0 aliphatic carbocycles. The molecule has 0 saturated heterocycles. The van der Waals surface area contributed by atoms with Crippen LogP contribution in [-0.2, 0) is 9.36 Å². The third-order valence-electron chi connectivity index (χ3n) is 4.77. The standard InChI is InChI=1S/C16H36N7O5P/c1-3-6-12(15(18)23-25)7-5-8-13(14(17)21-19)9-11(4-2)16(24)22-20-10-29(26,27)28/h11-13,20,25H,3-10,19H2,1-2H3,(H2,17,21)(H2,18,23)(H,22,24)(H2,26,27,28). The van der Waals surface area contributed by atoms with Crippen molar-refractivity contribution in [2.45, 2.75) is 58.8 Å². The van der Waals surface area contributed by atoms with E-state index in [0.717, 1.165) is 19.3 Å². The van der Waals surface area contributed by atoms with E-state index in [4.69, 9.17) is 32.3 Å². The van der Waals surface area contributed by atoms with Crippen LogP contribution in [0.4, 0.5) is 0 Å². The number of amides is 1. The van der Waals surface area contributed by atoms with E-state index in [0.29, 0.717) is 25.7 Å². The molecule has 0 bridgehead atoms. The second-order valence-corrected chi connectivity index (χ2v) is 8.67. The molecule has 0 saturated carbocycles. The Kier molecular flexibility index (Phi) is 13.2. The Morgan fingerprint density at radius 2 is 1.69 bits per heavy atom. The molecule has 0 spiro atoms. The molecule has 0 aromatic carbocycles. The van der Waals surface area contributed by atoms with Crippen LogP contribution in [0.1, 0.15) is 58.8 Å². The fourth-order valence-electron chi connectivity index (χ4n) is 3.11. The number of oxime groups is 1. The Morgan fingerprint density at radius 1 is 1.07 bits per heavy atom. The molecular formula is C16H36N7O5P. The van der Waals surface area contributed by atoms with Gasteiger partial charge in [0.15, 0.2) is 0 Å². The molecule has 0 aliphatic rings. The Bertz CT molecular complexity index is 596. The lowest BCUT2D eigenvalue weighted by atomic mass is 9.86. The predicted octanol–water partition coefficient (Wildman–Crippen LogP) is 0.339. The summed E-state index contributed by atoms with van der Waals surface area (Å²) < 4.78 is 10.8. The zero-order valence-electron chi connectivity index (χ0n) is 17.1. The minimum absolute atomic E-state index is 0.0381. The Balaban J connectivity index is 4.87. The highest BCUT2D eigenvalue weighted by Gasteiger charge is 2.25. The SMILES string of the molecule is CCCC(CCCC(CC(CC)C(=O)NNCP(=O)(O)O)/C(N)=N/N)/C(N)=N/O. The molecule has 13 heteroatoms. The highest BCUT2D eigenvalue weighted by atomic mass is 31.2. The lowest BCUT2D eigenvalue weighted by Gasteiger charge is -2.23. The van der Waals surface area contributed by atoms with Crippen LogP contribution in [0.2, 0.25) is 0 Å². The number of carbonyl (C=O) groups excluding carboxylic acids is 1. The molecule has 0 radical (unpaired) electrons. The third kappa shape index (κ3) is 11.6. The first-order valence-corrected chi connectivity index (χ1v) is 11.5. The number of rotatable bonds is 15. The number of nitrogens with two attached hydrogens (primary N) is 3. The summed E-state index contributed by atoms with van der Waals surface area (Å²) in [6.45, 7) is 3.85. The first kappa shape index (κ1) is 27.1. The van der Waals surface area contributed by atoms with E-state index < -0.39 is 25.7 Å². The van der Waals surface area contributed by atoms with Crippen LogP contribution < -0.4 is 28.2 Å². The van der Waals surface area contributed by atoms with Gasteiger partial charge >= 0.3 is 7.60 Å². The number of nitrogens with one attached hydrogen (secondary N) is 2. The fourth-order valence-corrected chi connectivity index (χ4v) is 3.39. The normalized spacial score (nSPS) is 16.3. The summed E-state index contributed by atoms with van der Waals surface area (Å²) in [5, 5.41) is 15.6. The van der Waals surface area contributed by atoms with Crippen molar-refractivity contribution in [3.8, 4) is 0 Å². The van der Waals surface area contributed by atoms with Crippen LogP contribution >= 0.6 is 7.60 Å². The summed E-state index contributed by atoms with van der Waals surface area (Å²) in [6, 6.07) is 0. The highest BCUT2D eigenvalue weighted by Crippen LogP contribution is 2.31. The summed E-state index contributed by atoms with van der Waals surface area (Å²) in [5.74, 6) is 4.65. The molecule has 170 valence electrons. The maximum Gasteiger partial charge on any atom is 0.341 e. The largest absolute Gasteiger partial charge is 0.409 e. The second-order valence-electron chi connectivity index (χ2n) is 7.02. The third-order valence-corrected chi connectivity index (χ3v) is 5.34. The molecule has 0 rings (SSSR count). The van der Waals surface area contributed by atoms with E-state index in [1.807, 2.05) is 13.8 Å². The quantitative estimate of drug-likeness (QED) is 0.0441. The Hall–Kier alpha value is -1.88. The van der Waals surface area contributed by atoms with Gasteiger partial charge in [0.2, 0.25) is 5.91 Å². The number of carbonyl (C=O) groups is 1. The van der Waals surface area contributed by atoms with Crippen LogP contribution in [0.3, 0.4) is 0 Å². The summed E-state index contributed by atoms with van der Waals surface area (Å²) >= 11 is 0. The van der Waals surface area contributed by atoms with Gasteiger partial charge in [0.1, 0.15) is 18.0 Å². The van der Waals surface area contributed by atoms with Crippen molar-refractivity contribution in [3.05, 3.63) is 0 Å². The number of hydrazone groups is 1. The van der Waals surface area contributed by atoms with Gasteiger partial charge in [-0.2, -0.15) is 5.10 Å². The lowest BCUT2D eigenvalue weighted by Crippen LogP contribution is -2.42. The summed E-state index contributed by atoms with van der Waals surface area (Å²) in [7, 11) is -4.27. The van der Waals surface area contributed by atoms with Crippen molar-refractivity contribution in [1.82, 2.24) is 10.9 Å². The molecule has 29 heavy (non-hydrogen) atoms. The number of hydrazine groups is 1. The average molecular weight is 437 g/mol. The molecule has 0 aliphatic heterocycles. The van der Waals surface area contributed by atoms with Crippen molar-refractivity contribution in [3.63, 3.8) is 0 Å². The number of nitrogens with zero attached hydrogens (tertiary/aromatic N) is 2. The molecule has 11 N–H and O–H groups in total. The van der Waals surface area contributed by atoms with E-state index >= 15 is 0 Å². The zero-order chi connectivity index (χ0) is 22.4. The maximum absolute atomic E-state index is 12.3. The predicted molar refractivity (Wildman–Crippen MR) is 112 cm³/mol. The molecule has 3 unspecified atom stereocenters. The van der Waals surface area contributed by atoms with Crippen LogP contribution in [0.25, 0.3) is 0 Å². The molecule has 0 aromatic rings. The van der Waals surface area contributed by atoms with Crippen LogP contribution in [0.5, 0.6) is 0 Å². The minimum Gasteiger partial charge on any atom is -0.409 e. The van der Waals surface area contributed by atoms with E-state index in [2.05, 4.69) is 21.1 Å². The average Bonchev–Trinajstić information content (AvgIpc) is 2.67. The smallest absolute Gasteiger partial charge is 0.341 e. The van der Waals surface area contributed by atoms with Gasteiger partial charge in [-0.1, -0.05) is 31.8 Å². The van der Waals surface area contributed by atoms with Crippen molar-refractivity contribution < 1.29 is 24.4 Å². The monoisotopic (exact) mass is 437 g/mol. The minimum atomic E-state index is -4.27. The van der Waals surface area contributed by atoms with Gasteiger partial charge < -0.3 is 32.3 Å². The first-order valence-electron chi connectivity index (χ1n) is 9.67. The summed E-state index contributed by atoms with van der Waals surface area (Å²) in [5.41, 5.74) is 16.2. The molecule has 1 amide bonds. The highest BCUT2D eigenvalue weighted by molar-refractivity contribution is 7.51. The van der Waals surface area contributed by atoms with Gasteiger partial charge in [0.05, 0.1) is 0 Å². The van der Waals surface area contributed by atoms with Crippen molar-refractivity contribution in [2.75, 3.05) is 6.29 Å². The Morgan fingerprint density at radius 3 is 2.17 bits per heavy atom. The summed E-state index contributed by atoms with van der Waals surface area (Å²) in [4.78, 5) is 30.0. The van der Waals surface area contributed by atoms with Gasteiger partial charge in [0.25, 0.3) is 0 Å². The van der Waals surface area contributed by atoms with Gasteiger partial charge in [-0.15, -0.1) is 0 Å². The van der Waals surface area contributed by atoms with Crippen molar-refractivity contribution in [1.29, 1.82) is 0 Å². The van der Waals surface area contributed by atoms with Crippen molar-refractivity contribution in [2.24, 2.45) is 45.3 Å². The number of amidine groups is 2. The van der Waals surface area contributed by atoms with Crippen molar-refractivity contribution >= 4 is 25.2 Å². The summed E-state index contributed by atoms with van der Waals surface area (Å²) in [6.07, 6.45) is 3.96. The molecule has 0 heterocycles. The molecule has 12 nitrogen and oxygen atoms in total. The Labute approximate surface area is 171 Å². The second kappa shape index (κ2) is 14.2. The number of hydrogen-bond acceptors (Lipinski definition) is 7. The van der Waals surface area contributed by atoms with Gasteiger partial charge in [0, 0.05) is 17.8 Å². The molecular weight excluding hydrogens is 401 g/mol. The molecule has 3 atom stereocenters. The molecule has 0 aromatic heterocycles. The van der Waals surface area contributed by atoms with E-state index in [9.17, 15) is 9.36 Å². The molecule has 0 fully saturated rings. The topological polar surface area (TPSA) is 222 Å². The van der Waals surface area contributed by atoms with Crippen LogP contribution in [0.15, 0.2) is 10.3 Å². The zero-order valence-corrected chi connectivity index (χ0v) is 18.0. The fraction of sp³-hybridized carbons (Fsp3) is 0.812. The lowest BCUT2D eigenvalue weighted by molar-refractivity contribution is -0.126. The van der Waals surface area contributed by atoms with E-state index in [1.54, 1.807) is 0 Å². The first-order chi connectivity index (χ1) is 13.6. The van der Waals surface area contributed by atoms with Gasteiger partial charge in [-0.25, -0.2) is 5.43 Å². The van der Waals surface area contributed by atoms with Gasteiger partial charge in [-0.05, 0) is 32.1 Å².